The van der Waals surface area contributed by atoms with Gasteiger partial charge in [-0.3, -0.25) is 0 Å². The van der Waals surface area contributed by atoms with E-state index in [0.29, 0.717) is 11.5 Å². The standard InChI is InChI=1S/C17H27NO/c1-15(8-9-16-6-4-3-5-7-16)18-14-17(10-11-17)12-13-19-2/h3-7,15,18H,8-14H2,1-2H3. The van der Waals surface area contributed by atoms with E-state index in [4.69, 9.17) is 4.74 Å². The molecule has 0 aromatic heterocycles. The number of hydrogen-bond donors (Lipinski definition) is 1. The Labute approximate surface area is 117 Å². The van der Waals surface area contributed by atoms with Crippen LogP contribution < -0.4 is 5.32 Å². The van der Waals surface area contributed by atoms with E-state index >= 15 is 0 Å². The molecular formula is C17H27NO. The fourth-order valence-corrected chi connectivity index (χ4v) is 2.53. The quantitative estimate of drug-likeness (QED) is 0.735. The maximum Gasteiger partial charge on any atom is 0.0468 e. The van der Waals surface area contributed by atoms with E-state index in [2.05, 4.69) is 42.6 Å². The molecule has 1 N–H and O–H groups in total. The first-order chi connectivity index (χ1) is 9.24. The van der Waals surface area contributed by atoms with Crippen LogP contribution in [0.4, 0.5) is 0 Å². The van der Waals surface area contributed by atoms with Crippen molar-refractivity contribution in [3.8, 4) is 0 Å². The minimum Gasteiger partial charge on any atom is -0.385 e. The van der Waals surface area contributed by atoms with Crippen LogP contribution >= 0.6 is 0 Å². The zero-order valence-corrected chi connectivity index (χ0v) is 12.3. The van der Waals surface area contributed by atoms with Crippen LogP contribution in [0.15, 0.2) is 30.3 Å². The third kappa shape index (κ3) is 4.96. The van der Waals surface area contributed by atoms with E-state index in [9.17, 15) is 0 Å². The summed E-state index contributed by atoms with van der Waals surface area (Å²) in [6.07, 6.45) is 6.33. The lowest BCUT2D eigenvalue weighted by Crippen LogP contribution is -2.32. The minimum absolute atomic E-state index is 0.553. The molecule has 0 radical (unpaired) electrons. The maximum absolute atomic E-state index is 5.20. The Hall–Kier alpha value is -0.860. The molecule has 0 aliphatic heterocycles. The number of rotatable bonds is 9. The molecule has 1 fully saturated rings. The third-order valence-electron chi connectivity index (χ3n) is 4.33. The fraction of sp³-hybridized carbons (Fsp3) is 0.647. The summed E-state index contributed by atoms with van der Waals surface area (Å²) >= 11 is 0. The van der Waals surface area contributed by atoms with Gasteiger partial charge in [0.1, 0.15) is 0 Å². The van der Waals surface area contributed by atoms with Gasteiger partial charge in [-0.05, 0) is 50.0 Å². The van der Waals surface area contributed by atoms with Crippen LogP contribution in [0.1, 0.15) is 38.2 Å². The first kappa shape index (κ1) is 14.5. The molecule has 0 saturated heterocycles. The Morgan fingerprint density at radius 1 is 1.26 bits per heavy atom. The highest BCUT2D eigenvalue weighted by Crippen LogP contribution is 2.48. The molecule has 19 heavy (non-hydrogen) atoms. The molecule has 1 saturated carbocycles. The smallest absolute Gasteiger partial charge is 0.0468 e. The van der Waals surface area contributed by atoms with Crippen LogP contribution in [0.2, 0.25) is 0 Å². The number of nitrogens with one attached hydrogen (secondary N) is 1. The van der Waals surface area contributed by atoms with E-state index in [-0.39, 0.29) is 0 Å². The summed E-state index contributed by atoms with van der Waals surface area (Å²) in [6.45, 7) is 4.36. The Balaban J connectivity index is 1.63. The third-order valence-corrected chi connectivity index (χ3v) is 4.33. The molecule has 1 aromatic rings. The Kier molecular flexibility index (Phi) is 5.41. The van der Waals surface area contributed by atoms with Crippen molar-refractivity contribution in [3.05, 3.63) is 35.9 Å². The van der Waals surface area contributed by atoms with Crippen molar-refractivity contribution in [2.24, 2.45) is 5.41 Å². The lowest BCUT2D eigenvalue weighted by Gasteiger charge is -2.20. The van der Waals surface area contributed by atoms with Crippen molar-refractivity contribution in [1.29, 1.82) is 0 Å². The average Bonchev–Trinajstić information content (AvgIpc) is 3.22. The maximum atomic E-state index is 5.20. The molecule has 0 bridgehead atoms. The first-order valence-electron chi connectivity index (χ1n) is 7.50. The summed E-state index contributed by atoms with van der Waals surface area (Å²) in [5, 5.41) is 3.71. The van der Waals surface area contributed by atoms with Gasteiger partial charge in [0.2, 0.25) is 0 Å². The van der Waals surface area contributed by atoms with E-state index in [0.717, 1.165) is 13.2 Å². The zero-order chi connectivity index (χ0) is 13.6. The first-order valence-corrected chi connectivity index (χ1v) is 7.50. The second-order valence-electron chi connectivity index (χ2n) is 6.05. The summed E-state index contributed by atoms with van der Waals surface area (Å²) in [6, 6.07) is 11.4. The average molecular weight is 261 g/mol. The molecule has 0 amide bonds. The highest BCUT2D eigenvalue weighted by atomic mass is 16.5. The number of benzene rings is 1. The predicted octanol–water partition coefficient (Wildman–Crippen LogP) is 3.41. The summed E-state index contributed by atoms with van der Waals surface area (Å²) in [4.78, 5) is 0. The molecule has 1 atom stereocenters. The Morgan fingerprint density at radius 2 is 2.00 bits per heavy atom. The van der Waals surface area contributed by atoms with E-state index in [1.807, 2.05) is 0 Å². The largest absolute Gasteiger partial charge is 0.385 e. The molecule has 1 aliphatic carbocycles. The monoisotopic (exact) mass is 261 g/mol. The SMILES string of the molecule is COCCC1(CNC(C)CCc2ccccc2)CC1. The van der Waals surface area contributed by atoms with Gasteiger partial charge in [0.15, 0.2) is 0 Å². The second-order valence-corrected chi connectivity index (χ2v) is 6.05. The summed E-state index contributed by atoms with van der Waals surface area (Å²) < 4.78 is 5.20. The van der Waals surface area contributed by atoms with Crippen LogP contribution in [0.3, 0.4) is 0 Å². The topological polar surface area (TPSA) is 21.3 Å². The molecule has 0 heterocycles. The second kappa shape index (κ2) is 7.06. The van der Waals surface area contributed by atoms with E-state index in [1.54, 1.807) is 7.11 Å². The van der Waals surface area contributed by atoms with Gasteiger partial charge in [-0.1, -0.05) is 30.3 Å². The zero-order valence-electron chi connectivity index (χ0n) is 12.3. The predicted molar refractivity (Wildman–Crippen MR) is 80.4 cm³/mol. The van der Waals surface area contributed by atoms with Crippen molar-refractivity contribution in [1.82, 2.24) is 5.32 Å². The molecule has 2 nitrogen and oxygen atoms in total. The highest BCUT2D eigenvalue weighted by molar-refractivity contribution is 5.14. The lowest BCUT2D eigenvalue weighted by molar-refractivity contribution is 0.170. The molecule has 2 rings (SSSR count). The van der Waals surface area contributed by atoms with Crippen molar-refractivity contribution in [3.63, 3.8) is 0 Å². The van der Waals surface area contributed by atoms with E-state index < -0.39 is 0 Å². The lowest BCUT2D eigenvalue weighted by atomic mass is 10.0. The van der Waals surface area contributed by atoms with Crippen molar-refractivity contribution in [2.45, 2.75) is 45.1 Å². The molecular weight excluding hydrogens is 234 g/mol. The molecule has 1 unspecified atom stereocenters. The van der Waals surface area contributed by atoms with Crippen LogP contribution in [-0.4, -0.2) is 26.3 Å². The van der Waals surface area contributed by atoms with Crippen LogP contribution in [-0.2, 0) is 11.2 Å². The number of ether oxygens (including phenoxy) is 1. The van der Waals surface area contributed by atoms with Gasteiger partial charge in [0, 0.05) is 26.3 Å². The van der Waals surface area contributed by atoms with Gasteiger partial charge in [0.25, 0.3) is 0 Å². The normalized spacial score (nSPS) is 18.2. The van der Waals surface area contributed by atoms with Crippen molar-refractivity contribution < 1.29 is 4.74 Å². The van der Waals surface area contributed by atoms with Crippen LogP contribution in [0, 0.1) is 5.41 Å². The molecule has 1 aliphatic rings. The van der Waals surface area contributed by atoms with Crippen LogP contribution in [0.25, 0.3) is 0 Å². The van der Waals surface area contributed by atoms with Crippen LogP contribution in [0.5, 0.6) is 0 Å². The number of methoxy groups -OCH3 is 1. The van der Waals surface area contributed by atoms with Gasteiger partial charge >= 0.3 is 0 Å². The summed E-state index contributed by atoms with van der Waals surface area (Å²) in [5.41, 5.74) is 1.99. The number of hydrogen-bond acceptors (Lipinski definition) is 2. The molecule has 106 valence electrons. The summed E-state index contributed by atoms with van der Waals surface area (Å²) in [7, 11) is 1.80. The van der Waals surface area contributed by atoms with Gasteiger partial charge in [-0.15, -0.1) is 0 Å². The molecule has 2 heteroatoms. The van der Waals surface area contributed by atoms with Gasteiger partial charge < -0.3 is 10.1 Å². The summed E-state index contributed by atoms with van der Waals surface area (Å²) in [5.74, 6) is 0. The Morgan fingerprint density at radius 3 is 2.63 bits per heavy atom. The van der Waals surface area contributed by atoms with Gasteiger partial charge in [-0.2, -0.15) is 0 Å². The van der Waals surface area contributed by atoms with E-state index in [1.165, 1.54) is 37.7 Å². The van der Waals surface area contributed by atoms with Crippen molar-refractivity contribution in [2.75, 3.05) is 20.3 Å². The number of aryl methyl sites for hydroxylation is 1. The van der Waals surface area contributed by atoms with Gasteiger partial charge in [0.05, 0.1) is 0 Å². The van der Waals surface area contributed by atoms with Crippen molar-refractivity contribution >= 4 is 0 Å². The molecule has 0 spiro atoms. The highest BCUT2D eigenvalue weighted by Gasteiger charge is 2.41. The molecule has 1 aromatic carbocycles. The minimum atomic E-state index is 0.553. The Bertz CT molecular complexity index is 359. The fourth-order valence-electron chi connectivity index (χ4n) is 2.53. The van der Waals surface area contributed by atoms with Gasteiger partial charge in [-0.25, -0.2) is 0 Å².